The Bertz CT molecular complexity index is 942. The van der Waals surface area contributed by atoms with Gasteiger partial charge in [-0.2, -0.15) is 0 Å². The van der Waals surface area contributed by atoms with E-state index >= 15 is 0 Å². The van der Waals surface area contributed by atoms with E-state index in [0.29, 0.717) is 17.2 Å². The quantitative estimate of drug-likeness (QED) is 0.610. The van der Waals surface area contributed by atoms with Gasteiger partial charge in [-0.25, -0.2) is 24.1 Å². The van der Waals surface area contributed by atoms with Crippen LogP contribution in [0.15, 0.2) is 48.1 Å². The molecule has 2 N–H and O–H groups in total. The lowest BCUT2D eigenvalue weighted by Crippen LogP contribution is -2.35. The summed E-state index contributed by atoms with van der Waals surface area (Å²) in [4.78, 5) is 24.6. The number of rotatable bonds is 6. The molecule has 1 aromatic carbocycles. The fourth-order valence-electron chi connectivity index (χ4n) is 2.51. The monoisotopic (exact) mass is 415 g/mol. The molecule has 0 radical (unpaired) electrons. The van der Waals surface area contributed by atoms with Crippen LogP contribution in [0.3, 0.4) is 0 Å². The number of benzene rings is 1. The Morgan fingerprint density at radius 2 is 1.90 bits per heavy atom. The minimum Gasteiger partial charge on any atom is -0.444 e. The maximum absolute atomic E-state index is 13.0. The Kier molecular flexibility index (Phi) is 6.38. The van der Waals surface area contributed by atoms with Crippen LogP contribution in [-0.2, 0) is 11.2 Å². The van der Waals surface area contributed by atoms with Crippen LogP contribution in [0, 0.1) is 5.82 Å². The summed E-state index contributed by atoms with van der Waals surface area (Å²) in [6, 6.07) is 9.42. The minimum absolute atomic E-state index is 0.243. The number of carbonyl (C=O) groups excluding carboxylic acids is 1. The highest BCUT2D eigenvalue weighted by molar-refractivity contribution is 7.13. The highest BCUT2D eigenvalue weighted by atomic mass is 32.1. The zero-order valence-electron chi connectivity index (χ0n) is 16.3. The van der Waals surface area contributed by atoms with Gasteiger partial charge in [0.2, 0.25) is 5.95 Å². The van der Waals surface area contributed by atoms with E-state index in [1.165, 1.54) is 11.3 Å². The molecule has 0 saturated carbocycles. The third kappa shape index (κ3) is 6.49. The Balaban J connectivity index is 1.76. The highest BCUT2D eigenvalue weighted by Gasteiger charge is 2.23. The number of nitrogens with zero attached hydrogens (tertiary/aromatic N) is 3. The standard InChI is InChI=1S/C20H22FN5O2S/c1-20(2,3)28-19(27)25-15(9-13-7-5-4-6-8-13)16-12-29-18(24-16)26-17-22-10-14(21)11-23-17/h4-8,10-12,15H,9H2,1-3H3,(H,25,27)(H,22,23,24,26)/t15-/m0/s1. The number of alkyl carbamates (subject to hydrolysis) is 1. The molecule has 0 fully saturated rings. The molecular weight excluding hydrogens is 393 g/mol. The Morgan fingerprint density at radius 3 is 2.55 bits per heavy atom. The average molecular weight is 415 g/mol. The predicted octanol–water partition coefficient (Wildman–Crippen LogP) is 4.62. The van der Waals surface area contributed by atoms with Crippen molar-refractivity contribution in [3.8, 4) is 0 Å². The van der Waals surface area contributed by atoms with Gasteiger partial charge in [-0.05, 0) is 32.8 Å². The van der Waals surface area contributed by atoms with Crippen LogP contribution in [-0.4, -0.2) is 26.6 Å². The third-order valence-corrected chi connectivity index (χ3v) is 4.47. The van der Waals surface area contributed by atoms with Crippen molar-refractivity contribution in [1.29, 1.82) is 0 Å². The molecule has 0 bridgehead atoms. The first-order valence-electron chi connectivity index (χ1n) is 9.02. The maximum Gasteiger partial charge on any atom is 0.408 e. The summed E-state index contributed by atoms with van der Waals surface area (Å²) < 4.78 is 18.4. The molecule has 0 unspecified atom stereocenters. The Hall–Kier alpha value is -3.07. The van der Waals surface area contributed by atoms with Crippen LogP contribution in [0.2, 0.25) is 0 Å². The van der Waals surface area contributed by atoms with E-state index in [-0.39, 0.29) is 12.0 Å². The van der Waals surface area contributed by atoms with Crippen LogP contribution in [0.1, 0.15) is 38.1 Å². The number of anilines is 2. The van der Waals surface area contributed by atoms with Crippen LogP contribution in [0.25, 0.3) is 0 Å². The maximum atomic E-state index is 13.0. The van der Waals surface area contributed by atoms with Gasteiger partial charge >= 0.3 is 6.09 Å². The summed E-state index contributed by atoms with van der Waals surface area (Å²) in [6.45, 7) is 5.44. The molecular formula is C20H22FN5O2S. The van der Waals surface area contributed by atoms with Gasteiger partial charge in [-0.15, -0.1) is 11.3 Å². The van der Waals surface area contributed by atoms with Gasteiger partial charge in [0.1, 0.15) is 5.60 Å². The summed E-state index contributed by atoms with van der Waals surface area (Å²) >= 11 is 1.34. The van der Waals surface area contributed by atoms with Gasteiger partial charge in [0.25, 0.3) is 0 Å². The van der Waals surface area contributed by atoms with E-state index in [9.17, 15) is 9.18 Å². The normalized spacial score (nSPS) is 12.3. The molecule has 0 aliphatic heterocycles. The number of ether oxygens (including phenoxy) is 1. The minimum atomic E-state index is -0.601. The summed E-state index contributed by atoms with van der Waals surface area (Å²) in [6.07, 6.45) is 2.19. The summed E-state index contributed by atoms with van der Waals surface area (Å²) in [7, 11) is 0. The van der Waals surface area contributed by atoms with Gasteiger partial charge in [-0.1, -0.05) is 30.3 Å². The van der Waals surface area contributed by atoms with Crippen molar-refractivity contribution in [2.75, 3.05) is 5.32 Å². The lowest BCUT2D eigenvalue weighted by Gasteiger charge is -2.23. The van der Waals surface area contributed by atoms with Gasteiger partial charge < -0.3 is 15.4 Å². The number of hydrogen-bond acceptors (Lipinski definition) is 7. The van der Waals surface area contributed by atoms with Crippen LogP contribution in [0.5, 0.6) is 0 Å². The molecule has 0 aliphatic carbocycles. The van der Waals surface area contributed by atoms with Gasteiger partial charge in [0.15, 0.2) is 10.9 Å². The smallest absolute Gasteiger partial charge is 0.408 e. The van der Waals surface area contributed by atoms with Crippen LogP contribution >= 0.6 is 11.3 Å². The predicted molar refractivity (Wildman–Crippen MR) is 110 cm³/mol. The SMILES string of the molecule is CC(C)(C)OC(=O)N[C@@H](Cc1ccccc1)c1csc(Nc2ncc(F)cn2)n1. The van der Waals surface area contributed by atoms with Gasteiger partial charge in [-0.3, -0.25) is 0 Å². The van der Waals surface area contributed by atoms with Crippen molar-refractivity contribution in [2.45, 2.75) is 38.8 Å². The fourth-order valence-corrected chi connectivity index (χ4v) is 3.26. The Labute approximate surface area is 172 Å². The number of nitrogens with one attached hydrogen (secondary N) is 2. The van der Waals surface area contributed by atoms with Crippen molar-refractivity contribution in [3.05, 3.63) is 65.2 Å². The first kappa shape index (κ1) is 20.7. The first-order valence-corrected chi connectivity index (χ1v) is 9.90. The van der Waals surface area contributed by atoms with E-state index in [1.807, 2.05) is 56.5 Å². The molecule has 152 valence electrons. The number of carbonyl (C=O) groups is 1. The van der Waals surface area contributed by atoms with E-state index in [1.54, 1.807) is 0 Å². The van der Waals surface area contributed by atoms with Gasteiger partial charge in [0, 0.05) is 5.38 Å². The van der Waals surface area contributed by atoms with Crippen molar-refractivity contribution in [3.63, 3.8) is 0 Å². The van der Waals surface area contributed by atoms with Crippen LogP contribution < -0.4 is 10.6 Å². The average Bonchev–Trinajstić information content (AvgIpc) is 3.11. The van der Waals surface area contributed by atoms with E-state index < -0.39 is 17.5 Å². The molecule has 2 aromatic heterocycles. The second kappa shape index (κ2) is 8.95. The molecule has 7 nitrogen and oxygen atoms in total. The van der Waals surface area contributed by atoms with Crippen molar-refractivity contribution < 1.29 is 13.9 Å². The molecule has 1 atom stereocenters. The second-order valence-corrected chi connectivity index (χ2v) is 8.17. The lowest BCUT2D eigenvalue weighted by atomic mass is 10.0. The molecule has 2 heterocycles. The highest BCUT2D eigenvalue weighted by Crippen LogP contribution is 2.25. The molecule has 29 heavy (non-hydrogen) atoms. The largest absolute Gasteiger partial charge is 0.444 e. The number of hydrogen-bond donors (Lipinski definition) is 2. The van der Waals surface area contributed by atoms with Crippen LogP contribution in [0.4, 0.5) is 20.3 Å². The number of thiazole rings is 1. The molecule has 0 aliphatic rings. The molecule has 3 aromatic rings. The molecule has 0 saturated heterocycles. The Morgan fingerprint density at radius 1 is 1.21 bits per heavy atom. The topological polar surface area (TPSA) is 89.0 Å². The van der Waals surface area contributed by atoms with E-state index in [2.05, 4.69) is 25.6 Å². The zero-order chi connectivity index (χ0) is 20.9. The number of halogens is 1. The van der Waals surface area contributed by atoms with Crippen molar-refractivity contribution in [2.24, 2.45) is 0 Å². The van der Waals surface area contributed by atoms with E-state index in [4.69, 9.17) is 4.74 Å². The summed E-state index contributed by atoms with van der Waals surface area (Å²) in [5.74, 6) is -0.271. The van der Waals surface area contributed by atoms with Crippen molar-refractivity contribution in [1.82, 2.24) is 20.3 Å². The molecule has 9 heteroatoms. The summed E-state index contributed by atoms with van der Waals surface area (Å²) in [5.41, 5.74) is 1.13. The third-order valence-electron chi connectivity index (χ3n) is 3.69. The first-order chi connectivity index (χ1) is 13.8. The zero-order valence-corrected chi connectivity index (χ0v) is 17.2. The van der Waals surface area contributed by atoms with Gasteiger partial charge in [0.05, 0.1) is 24.1 Å². The van der Waals surface area contributed by atoms with Crippen molar-refractivity contribution >= 4 is 28.5 Å². The lowest BCUT2D eigenvalue weighted by molar-refractivity contribution is 0.0502. The summed E-state index contributed by atoms with van der Waals surface area (Å²) in [5, 5.41) is 8.22. The fraction of sp³-hybridized carbons (Fsp3) is 0.300. The second-order valence-electron chi connectivity index (χ2n) is 7.32. The molecule has 1 amide bonds. The number of amides is 1. The van der Waals surface area contributed by atoms with E-state index in [0.717, 1.165) is 18.0 Å². The molecule has 0 spiro atoms. The molecule has 3 rings (SSSR count). The number of aromatic nitrogens is 3.